The lowest BCUT2D eigenvalue weighted by Crippen LogP contribution is -2.43. The van der Waals surface area contributed by atoms with Crippen molar-refractivity contribution in [2.75, 3.05) is 13.1 Å². The summed E-state index contributed by atoms with van der Waals surface area (Å²) >= 11 is 4.56. The zero-order valence-corrected chi connectivity index (χ0v) is 15.5. The quantitative estimate of drug-likeness (QED) is 0.674. The first-order valence-corrected chi connectivity index (χ1v) is 9.25. The Labute approximate surface area is 156 Å². The SMILES string of the molecule is NC(=O)NC1SC(N2CCC(Oc3cc(F)ccc3Br)CC2)=NN1O. The minimum Gasteiger partial charge on any atom is -0.489 e. The van der Waals surface area contributed by atoms with Crippen LogP contribution in [0.5, 0.6) is 5.75 Å². The number of halogens is 2. The first kappa shape index (κ1) is 18.1. The number of hydrogen-bond acceptors (Lipinski definition) is 7. The highest BCUT2D eigenvalue weighted by Gasteiger charge is 2.33. The molecule has 4 N–H and O–H groups in total. The molecule has 0 aromatic heterocycles. The fourth-order valence-electron chi connectivity index (χ4n) is 2.57. The van der Waals surface area contributed by atoms with Gasteiger partial charge < -0.3 is 20.7 Å². The van der Waals surface area contributed by atoms with Crippen LogP contribution in [0.1, 0.15) is 12.8 Å². The number of piperidine rings is 1. The van der Waals surface area contributed by atoms with Gasteiger partial charge in [-0.3, -0.25) is 5.21 Å². The summed E-state index contributed by atoms with van der Waals surface area (Å²) in [6, 6.07) is 3.61. The molecule has 1 saturated heterocycles. The monoisotopic (exact) mass is 433 g/mol. The van der Waals surface area contributed by atoms with Crippen LogP contribution in [0.4, 0.5) is 9.18 Å². The van der Waals surface area contributed by atoms with E-state index in [0.717, 1.165) is 12.8 Å². The molecule has 0 saturated carbocycles. The molecule has 1 aromatic rings. The molecule has 3 rings (SSSR count). The number of rotatable bonds is 3. The summed E-state index contributed by atoms with van der Waals surface area (Å²) in [5.74, 6) is 0.140. The number of nitrogens with zero attached hydrogens (tertiary/aromatic N) is 3. The molecule has 2 aliphatic rings. The number of carbonyl (C=O) groups excluding carboxylic acids is 1. The van der Waals surface area contributed by atoms with Gasteiger partial charge in [0.15, 0.2) is 5.17 Å². The molecule has 1 fully saturated rings. The number of carbonyl (C=O) groups is 1. The van der Waals surface area contributed by atoms with Crippen LogP contribution in [0, 0.1) is 5.82 Å². The predicted molar refractivity (Wildman–Crippen MR) is 94.5 cm³/mol. The lowest BCUT2D eigenvalue weighted by molar-refractivity contribution is -0.102. The number of amides is 2. The highest BCUT2D eigenvalue weighted by atomic mass is 79.9. The third-order valence-corrected chi connectivity index (χ3v) is 5.52. The van der Waals surface area contributed by atoms with Gasteiger partial charge in [0, 0.05) is 32.0 Å². The fraction of sp³-hybridized carbons (Fsp3) is 0.429. The van der Waals surface area contributed by atoms with Gasteiger partial charge in [0.25, 0.3) is 0 Å². The minimum atomic E-state index is -0.735. The van der Waals surface area contributed by atoms with Gasteiger partial charge in [0.2, 0.25) is 5.50 Å². The van der Waals surface area contributed by atoms with Gasteiger partial charge in [-0.15, -0.1) is 10.3 Å². The van der Waals surface area contributed by atoms with Crippen LogP contribution >= 0.6 is 27.7 Å². The molecule has 1 atom stereocenters. The Kier molecular flexibility index (Phi) is 5.54. The number of primary amides is 1. The molecule has 2 aliphatic heterocycles. The molecule has 8 nitrogen and oxygen atoms in total. The number of ether oxygens (including phenoxy) is 1. The van der Waals surface area contributed by atoms with Gasteiger partial charge in [-0.2, -0.15) is 0 Å². The third kappa shape index (κ3) is 4.47. The third-order valence-electron chi connectivity index (χ3n) is 3.78. The summed E-state index contributed by atoms with van der Waals surface area (Å²) in [7, 11) is 0. The number of nitrogens with two attached hydrogens (primary N) is 1. The second-order valence-corrected chi connectivity index (χ2v) is 7.46. The number of hydrogen-bond donors (Lipinski definition) is 3. The molecular formula is C14H17BrFN5O3S. The maximum absolute atomic E-state index is 13.3. The summed E-state index contributed by atoms with van der Waals surface area (Å²) in [6.07, 6.45) is 1.41. The zero-order valence-electron chi connectivity index (χ0n) is 13.1. The van der Waals surface area contributed by atoms with Crippen molar-refractivity contribution in [2.45, 2.75) is 24.4 Å². The Bertz CT molecular complexity index is 686. The Morgan fingerprint density at radius 2 is 2.20 bits per heavy atom. The average molecular weight is 434 g/mol. The van der Waals surface area contributed by atoms with Crippen molar-refractivity contribution in [1.82, 2.24) is 15.4 Å². The van der Waals surface area contributed by atoms with E-state index in [2.05, 4.69) is 26.3 Å². The van der Waals surface area contributed by atoms with Gasteiger partial charge in [-0.25, -0.2) is 9.18 Å². The number of likely N-dealkylation sites (tertiary alicyclic amines) is 1. The molecule has 2 heterocycles. The highest BCUT2D eigenvalue weighted by molar-refractivity contribution is 9.10. The molecule has 1 unspecified atom stereocenters. The lowest BCUT2D eigenvalue weighted by Gasteiger charge is -2.32. The normalized spacial score (nSPS) is 21.2. The standard InChI is InChI=1S/C14H17BrFN5O3S/c15-10-2-1-8(16)7-11(10)24-9-3-5-20(6-4-9)14-19-21(23)13(25-14)18-12(17)22/h1-2,7,9,13,23H,3-6H2,(H3,17,18,22). The minimum absolute atomic E-state index is 0.0360. The van der Waals surface area contributed by atoms with E-state index >= 15 is 0 Å². The molecular weight excluding hydrogens is 417 g/mol. The lowest BCUT2D eigenvalue weighted by atomic mass is 10.1. The van der Waals surface area contributed by atoms with E-state index in [0.29, 0.717) is 33.7 Å². The fourth-order valence-corrected chi connectivity index (χ4v) is 3.89. The van der Waals surface area contributed by atoms with Crippen LogP contribution in [-0.2, 0) is 0 Å². The largest absolute Gasteiger partial charge is 0.489 e. The van der Waals surface area contributed by atoms with Crippen LogP contribution < -0.4 is 15.8 Å². The maximum Gasteiger partial charge on any atom is 0.314 e. The Hall–Kier alpha value is -1.72. The molecule has 0 radical (unpaired) electrons. The summed E-state index contributed by atoms with van der Waals surface area (Å²) in [4.78, 5) is 12.9. The maximum atomic E-state index is 13.3. The van der Waals surface area contributed by atoms with E-state index in [-0.39, 0.29) is 11.9 Å². The van der Waals surface area contributed by atoms with Crippen LogP contribution in [0.2, 0.25) is 0 Å². The van der Waals surface area contributed by atoms with E-state index in [9.17, 15) is 14.4 Å². The molecule has 0 aliphatic carbocycles. The van der Waals surface area contributed by atoms with Gasteiger partial charge in [-0.1, -0.05) is 0 Å². The van der Waals surface area contributed by atoms with Gasteiger partial charge in [0.05, 0.1) is 4.47 Å². The van der Waals surface area contributed by atoms with E-state index in [4.69, 9.17) is 10.5 Å². The first-order chi connectivity index (χ1) is 11.9. The van der Waals surface area contributed by atoms with E-state index < -0.39 is 11.5 Å². The number of hydrazone groups is 1. The van der Waals surface area contributed by atoms with Crippen molar-refractivity contribution in [1.29, 1.82) is 0 Å². The van der Waals surface area contributed by atoms with Crippen molar-refractivity contribution in [3.05, 3.63) is 28.5 Å². The summed E-state index contributed by atoms with van der Waals surface area (Å²) in [6.45, 7) is 1.33. The molecule has 1 aromatic carbocycles. The zero-order chi connectivity index (χ0) is 18.0. The van der Waals surface area contributed by atoms with Crippen molar-refractivity contribution >= 4 is 38.9 Å². The second-order valence-electron chi connectivity index (χ2n) is 5.56. The molecule has 2 amide bonds. The molecule has 0 bridgehead atoms. The molecule has 25 heavy (non-hydrogen) atoms. The van der Waals surface area contributed by atoms with Crippen LogP contribution in [0.25, 0.3) is 0 Å². The number of amidine groups is 1. The van der Waals surface area contributed by atoms with E-state index in [1.807, 2.05) is 4.90 Å². The predicted octanol–water partition coefficient (Wildman–Crippen LogP) is 2.09. The van der Waals surface area contributed by atoms with Gasteiger partial charge in [0.1, 0.15) is 17.7 Å². The average Bonchev–Trinajstić information content (AvgIpc) is 2.92. The van der Waals surface area contributed by atoms with Crippen LogP contribution in [0.15, 0.2) is 27.8 Å². The number of thioether (sulfide) groups is 1. The molecule has 136 valence electrons. The highest BCUT2D eigenvalue weighted by Crippen LogP contribution is 2.30. The molecule has 11 heteroatoms. The summed E-state index contributed by atoms with van der Waals surface area (Å²) in [5.41, 5.74) is 4.33. The van der Waals surface area contributed by atoms with Crippen LogP contribution in [-0.4, -0.2) is 51.2 Å². The number of benzene rings is 1. The number of hydroxylamine groups is 1. The van der Waals surface area contributed by atoms with Crippen molar-refractivity contribution in [3.63, 3.8) is 0 Å². The Balaban J connectivity index is 1.53. The van der Waals surface area contributed by atoms with Crippen molar-refractivity contribution in [2.24, 2.45) is 10.8 Å². The summed E-state index contributed by atoms with van der Waals surface area (Å²) in [5, 5.41) is 17.4. The smallest absolute Gasteiger partial charge is 0.314 e. The first-order valence-electron chi connectivity index (χ1n) is 7.58. The van der Waals surface area contributed by atoms with Gasteiger partial charge in [-0.05, 0) is 39.8 Å². The van der Waals surface area contributed by atoms with Crippen molar-refractivity contribution in [3.8, 4) is 5.75 Å². The summed E-state index contributed by atoms with van der Waals surface area (Å²) < 4.78 is 19.9. The number of nitrogens with one attached hydrogen (secondary N) is 1. The Morgan fingerprint density at radius 1 is 1.48 bits per heavy atom. The van der Waals surface area contributed by atoms with Crippen molar-refractivity contribution < 1.29 is 19.1 Å². The number of urea groups is 1. The molecule has 0 spiro atoms. The Morgan fingerprint density at radius 3 is 2.88 bits per heavy atom. The topological polar surface area (TPSA) is 103 Å². The van der Waals surface area contributed by atoms with E-state index in [1.165, 1.54) is 23.9 Å². The van der Waals surface area contributed by atoms with Crippen LogP contribution in [0.3, 0.4) is 0 Å². The second kappa shape index (κ2) is 7.67. The van der Waals surface area contributed by atoms with Gasteiger partial charge >= 0.3 is 6.03 Å². The van der Waals surface area contributed by atoms with E-state index in [1.54, 1.807) is 6.07 Å².